The minimum Gasteiger partial charge on any atom is -0.374 e. The van der Waals surface area contributed by atoms with Gasteiger partial charge in [-0.2, -0.15) is 0 Å². The number of morpholine rings is 1. The molecule has 0 radical (unpaired) electrons. The van der Waals surface area contributed by atoms with Crippen LogP contribution in [0.3, 0.4) is 0 Å². The Bertz CT molecular complexity index is 228. The van der Waals surface area contributed by atoms with Gasteiger partial charge >= 0.3 is 0 Å². The zero-order valence-corrected chi connectivity index (χ0v) is 10.2. The molecule has 16 heavy (non-hydrogen) atoms. The summed E-state index contributed by atoms with van der Waals surface area (Å²) in [5.41, 5.74) is 0. The molecule has 0 amide bonds. The molecule has 1 saturated carbocycles. The third-order valence-corrected chi connectivity index (χ3v) is 4.45. The van der Waals surface area contributed by atoms with E-state index in [-0.39, 0.29) is 0 Å². The Balaban J connectivity index is 1.42. The van der Waals surface area contributed by atoms with Gasteiger partial charge in [0.25, 0.3) is 0 Å². The molecule has 0 bridgehead atoms. The number of nitrogens with zero attached hydrogens (tertiary/aromatic N) is 1. The van der Waals surface area contributed by atoms with Crippen molar-refractivity contribution >= 4 is 0 Å². The van der Waals surface area contributed by atoms with E-state index >= 15 is 0 Å². The lowest BCUT2D eigenvalue weighted by Gasteiger charge is -2.35. The zero-order valence-electron chi connectivity index (χ0n) is 10.2. The molecule has 0 aromatic rings. The highest BCUT2D eigenvalue weighted by atomic mass is 16.5. The lowest BCUT2D eigenvalue weighted by atomic mass is 10.1. The van der Waals surface area contributed by atoms with E-state index in [1.165, 1.54) is 45.1 Å². The van der Waals surface area contributed by atoms with Crippen molar-refractivity contribution in [1.29, 1.82) is 0 Å². The van der Waals surface area contributed by atoms with Gasteiger partial charge in [0, 0.05) is 25.2 Å². The van der Waals surface area contributed by atoms with Gasteiger partial charge in [-0.05, 0) is 32.2 Å². The summed E-state index contributed by atoms with van der Waals surface area (Å²) in [7, 11) is 0. The first kappa shape index (κ1) is 11.0. The molecule has 0 aromatic carbocycles. The van der Waals surface area contributed by atoms with Crippen LogP contribution in [0.25, 0.3) is 0 Å². The topological polar surface area (TPSA) is 24.5 Å². The second kappa shape index (κ2) is 5.03. The molecule has 3 heteroatoms. The van der Waals surface area contributed by atoms with Gasteiger partial charge in [0.15, 0.2) is 0 Å². The van der Waals surface area contributed by atoms with Gasteiger partial charge in [-0.3, -0.25) is 4.90 Å². The summed E-state index contributed by atoms with van der Waals surface area (Å²) in [6.45, 7) is 4.49. The summed E-state index contributed by atoms with van der Waals surface area (Å²) in [5, 5.41) is 3.68. The summed E-state index contributed by atoms with van der Waals surface area (Å²) >= 11 is 0. The maximum atomic E-state index is 5.95. The van der Waals surface area contributed by atoms with Crippen molar-refractivity contribution in [3.05, 3.63) is 0 Å². The van der Waals surface area contributed by atoms with Crippen LogP contribution < -0.4 is 5.32 Å². The number of hydrogen-bond acceptors (Lipinski definition) is 3. The highest BCUT2D eigenvalue weighted by Gasteiger charge is 2.32. The van der Waals surface area contributed by atoms with Crippen molar-refractivity contribution in [2.45, 2.75) is 56.7 Å². The smallest absolute Gasteiger partial charge is 0.0827 e. The number of hydrogen-bond donors (Lipinski definition) is 1. The Labute approximate surface area is 98.5 Å². The second-order valence-electron chi connectivity index (χ2n) is 5.64. The quantitative estimate of drug-likeness (QED) is 0.784. The Morgan fingerprint density at radius 3 is 2.88 bits per heavy atom. The summed E-state index contributed by atoms with van der Waals surface area (Å²) in [6.07, 6.45) is 8.74. The van der Waals surface area contributed by atoms with Crippen LogP contribution in [-0.2, 0) is 4.74 Å². The van der Waals surface area contributed by atoms with E-state index < -0.39 is 0 Å². The molecule has 2 aliphatic heterocycles. The lowest BCUT2D eigenvalue weighted by molar-refractivity contribution is -0.0477. The molecule has 92 valence electrons. The molecule has 3 fully saturated rings. The van der Waals surface area contributed by atoms with Gasteiger partial charge in [0.1, 0.15) is 0 Å². The van der Waals surface area contributed by atoms with E-state index in [0.717, 1.165) is 31.8 Å². The zero-order chi connectivity index (χ0) is 10.8. The fraction of sp³-hybridized carbons (Fsp3) is 1.00. The van der Waals surface area contributed by atoms with Crippen molar-refractivity contribution in [3.63, 3.8) is 0 Å². The molecule has 2 atom stereocenters. The second-order valence-corrected chi connectivity index (χ2v) is 5.64. The van der Waals surface area contributed by atoms with Crippen molar-refractivity contribution in [3.8, 4) is 0 Å². The Kier molecular flexibility index (Phi) is 3.46. The van der Waals surface area contributed by atoms with Crippen LogP contribution in [-0.4, -0.2) is 49.3 Å². The van der Waals surface area contributed by atoms with Gasteiger partial charge in [-0.25, -0.2) is 0 Å². The highest BCUT2D eigenvalue weighted by Crippen LogP contribution is 2.23. The largest absolute Gasteiger partial charge is 0.374 e. The van der Waals surface area contributed by atoms with Gasteiger partial charge in [0.2, 0.25) is 0 Å². The molecule has 0 aromatic heterocycles. The van der Waals surface area contributed by atoms with Crippen LogP contribution >= 0.6 is 0 Å². The summed E-state index contributed by atoms with van der Waals surface area (Å²) < 4.78 is 5.95. The third kappa shape index (κ3) is 2.41. The maximum Gasteiger partial charge on any atom is 0.0827 e. The van der Waals surface area contributed by atoms with Gasteiger partial charge in [-0.15, -0.1) is 0 Å². The van der Waals surface area contributed by atoms with Crippen molar-refractivity contribution in [2.24, 2.45) is 0 Å². The first-order valence-corrected chi connectivity index (χ1v) is 7.01. The van der Waals surface area contributed by atoms with E-state index in [9.17, 15) is 0 Å². The standard InChI is InChI=1S/C13H24N2O/c1-2-5-11(4-1)14-8-13-9-15-7-3-6-12(15)10-16-13/h11-14H,1-10H2. The summed E-state index contributed by atoms with van der Waals surface area (Å²) in [5.74, 6) is 0. The average Bonchev–Trinajstić information content (AvgIpc) is 2.97. The van der Waals surface area contributed by atoms with Gasteiger partial charge in [-0.1, -0.05) is 12.8 Å². The SMILES string of the molecule is C1CCC(NCC2CN3CCCC3CO2)C1. The molecule has 2 saturated heterocycles. The van der Waals surface area contributed by atoms with Crippen LogP contribution in [0.1, 0.15) is 38.5 Å². The summed E-state index contributed by atoms with van der Waals surface area (Å²) in [6, 6.07) is 1.52. The number of ether oxygens (including phenoxy) is 1. The normalized spacial score (nSPS) is 36.8. The molecule has 1 N–H and O–H groups in total. The number of nitrogens with one attached hydrogen (secondary N) is 1. The fourth-order valence-corrected chi connectivity index (χ4v) is 3.44. The lowest BCUT2D eigenvalue weighted by Crippen LogP contribution is -2.50. The predicted octanol–water partition coefficient (Wildman–Crippen LogP) is 1.38. The Morgan fingerprint density at radius 1 is 1.12 bits per heavy atom. The van der Waals surface area contributed by atoms with E-state index in [1.54, 1.807) is 0 Å². The summed E-state index contributed by atoms with van der Waals surface area (Å²) in [4.78, 5) is 2.63. The minimum absolute atomic E-state index is 0.440. The number of rotatable bonds is 3. The van der Waals surface area contributed by atoms with Crippen LogP contribution in [0.5, 0.6) is 0 Å². The first-order chi connectivity index (χ1) is 7.92. The third-order valence-electron chi connectivity index (χ3n) is 4.45. The van der Waals surface area contributed by atoms with Crippen LogP contribution in [0.2, 0.25) is 0 Å². The highest BCUT2D eigenvalue weighted by molar-refractivity contribution is 4.86. The van der Waals surface area contributed by atoms with Crippen molar-refractivity contribution < 1.29 is 4.74 Å². The van der Waals surface area contributed by atoms with Crippen molar-refractivity contribution in [2.75, 3.05) is 26.2 Å². The fourth-order valence-electron chi connectivity index (χ4n) is 3.44. The van der Waals surface area contributed by atoms with E-state index in [4.69, 9.17) is 4.74 Å². The van der Waals surface area contributed by atoms with Crippen LogP contribution in [0.15, 0.2) is 0 Å². The molecule has 2 heterocycles. The molecule has 1 aliphatic carbocycles. The minimum atomic E-state index is 0.440. The maximum absolute atomic E-state index is 5.95. The monoisotopic (exact) mass is 224 g/mol. The van der Waals surface area contributed by atoms with Gasteiger partial charge in [0.05, 0.1) is 12.7 Å². The average molecular weight is 224 g/mol. The van der Waals surface area contributed by atoms with Crippen LogP contribution in [0, 0.1) is 0 Å². The predicted molar refractivity (Wildman–Crippen MR) is 64.6 cm³/mol. The molecule has 3 rings (SSSR count). The first-order valence-electron chi connectivity index (χ1n) is 7.01. The van der Waals surface area contributed by atoms with E-state index in [2.05, 4.69) is 10.2 Å². The Hall–Kier alpha value is -0.120. The van der Waals surface area contributed by atoms with E-state index in [0.29, 0.717) is 6.10 Å². The van der Waals surface area contributed by atoms with E-state index in [1.807, 2.05) is 0 Å². The Morgan fingerprint density at radius 2 is 2.00 bits per heavy atom. The molecule has 3 nitrogen and oxygen atoms in total. The van der Waals surface area contributed by atoms with Crippen molar-refractivity contribution in [1.82, 2.24) is 10.2 Å². The molecule has 3 aliphatic rings. The van der Waals surface area contributed by atoms with Gasteiger partial charge < -0.3 is 10.1 Å². The van der Waals surface area contributed by atoms with Crippen LogP contribution in [0.4, 0.5) is 0 Å². The molecular weight excluding hydrogens is 200 g/mol. The molecule has 0 spiro atoms. The molecule has 2 unspecified atom stereocenters. The molecular formula is C13H24N2O. The number of fused-ring (bicyclic) bond motifs is 1.